The average molecular weight is 454 g/mol. The number of carbonyl (C=O) groups is 2. The molecule has 34 heavy (non-hydrogen) atoms. The number of aryl methyl sites for hydroxylation is 1. The van der Waals surface area contributed by atoms with E-state index >= 15 is 0 Å². The standard InChI is InChI=1S/C27H22N2O5/c1-33-23-11-5-9-19-15-21(27(32)34-24(19)23)25(30)28-20-13-12-17-10-6-14-29(22(17)16-20)26(31)18-7-3-2-4-8-18/h2-5,7-9,11-13,15-16H,6,10,14H2,1H3,(H,28,30). The summed E-state index contributed by atoms with van der Waals surface area (Å²) < 4.78 is 10.6. The molecule has 0 saturated heterocycles. The van der Waals surface area contributed by atoms with Gasteiger partial charge >= 0.3 is 5.63 Å². The van der Waals surface area contributed by atoms with E-state index < -0.39 is 11.5 Å². The molecule has 0 fully saturated rings. The summed E-state index contributed by atoms with van der Waals surface area (Å²) in [7, 11) is 1.48. The highest BCUT2D eigenvalue weighted by molar-refractivity contribution is 6.08. The lowest BCUT2D eigenvalue weighted by Gasteiger charge is -2.30. The Morgan fingerprint density at radius 3 is 2.62 bits per heavy atom. The van der Waals surface area contributed by atoms with Crippen LogP contribution in [0.5, 0.6) is 5.75 Å². The average Bonchev–Trinajstić information content (AvgIpc) is 2.87. The summed E-state index contributed by atoms with van der Waals surface area (Å²) in [4.78, 5) is 40.3. The Labute approximate surface area is 195 Å². The largest absolute Gasteiger partial charge is 0.493 e. The number of methoxy groups -OCH3 is 1. The molecule has 0 spiro atoms. The van der Waals surface area contributed by atoms with Crippen LogP contribution in [0, 0.1) is 0 Å². The number of benzene rings is 3. The van der Waals surface area contributed by atoms with Gasteiger partial charge in [-0.2, -0.15) is 0 Å². The summed E-state index contributed by atoms with van der Waals surface area (Å²) in [5, 5.41) is 3.35. The number of nitrogens with zero attached hydrogens (tertiary/aromatic N) is 1. The van der Waals surface area contributed by atoms with Crippen LogP contribution >= 0.6 is 0 Å². The minimum absolute atomic E-state index is 0.0888. The van der Waals surface area contributed by atoms with E-state index in [0.717, 1.165) is 24.1 Å². The molecule has 0 saturated carbocycles. The second-order valence-electron chi connectivity index (χ2n) is 8.05. The van der Waals surface area contributed by atoms with Crippen LogP contribution in [-0.4, -0.2) is 25.5 Å². The molecule has 1 aliphatic rings. The van der Waals surface area contributed by atoms with Crippen LogP contribution < -0.4 is 20.6 Å². The number of ether oxygens (including phenoxy) is 1. The molecular weight excluding hydrogens is 432 g/mol. The molecule has 170 valence electrons. The normalized spacial score (nSPS) is 12.8. The fourth-order valence-corrected chi connectivity index (χ4v) is 4.24. The van der Waals surface area contributed by atoms with Crippen molar-refractivity contribution in [3.05, 3.63) is 99.9 Å². The Bertz CT molecular complexity index is 1460. The number of hydrogen-bond donors (Lipinski definition) is 1. The number of hydrogen-bond acceptors (Lipinski definition) is 5. The van der Waals surface area contributed by atoms with Crippen molar-refractivity contribution in [3.8, 4) is 5.75 Å². The van der Waals surface area contributed by atoms with Gasteiger partial charge in [0.05, 0.1) is 7.11 Å². The SMILES string of the molecule is COc1cccc2cc(C(=O)Nc3ccc4c(c3)N(C(=O)c3ccccc3)CCC4)c(=O)oc12. The highest BCUT2D eigenvalue weighted by atomic mass is 16.5. The number of nitrogens with one attached hydrogen (secondary N) is 1. The van der Waals surface area contributed by atoms with Gasteiger partial charge in [-0.05, 0) is 54.8 Å². The Morgan fingerprint density at radius 1 is 1.00 bits per heavy atom. The summed E-state index contributed by atoms with van der Waals surface area (Å²) in [6.45, 7) is 0.591. The van der Waals surface area contributed by atoms with Gasteiger partial charge in [0.25, 0.3) is 11.8 Å². The van der Waals surface area contributed by atoms with Crippen LogP contribution in [0.2, 0.25) is 0 Å². The van der Waals surface area contributed by atoms with E-state index in [-0.39, 0.29) is 17.1 Å². The van der Waals surface area contributed by atoms with Crippen molar-refractivity contribution in [1.29, 1.82) is 0 Å². The van der Waals surface area contributed by atoms with Gasteiger partial charge in [-0.3, -0.25) is 9.59 Å². The van der Waals surface area contributed by atoms with Gasteiger partial charge in [-0.15, -0.1) is 0 Å². The quantitative estimate of drug-likeness (QED) is 0.454. The van der Waals surface area contributed by atoms with Crippen molar-refractivity contribution in [1.82, 2.24) is 0 Å². The van der Waals surface area contributed by atoms with Crippen LogP contribution in [0.3, 0.4) is 0 Å². The van der Waals surface area contributed by atoms with Crippen molar-refractivity contribution in [2.75, 3.05) is 23.9 Å². The second kappa shape index (κ2) is 8.86. The van der Waals surface area contributed by atoms with Gasteiger partial charge in [0.2, 0.25) is 0 Å². The number of para-hydroxylation sites is 1. The number of rotatable bonds is 4. The molecule has 1 N–H and O–H groups in total. The summed E-state index contributed by atoms with van der Waals surface area (Å²) in [5.74, 6) is -0.260. The van der Waals surface area contributed by atoms with Crippen LogP contribution in [0.1, 0.15) is 32.7 Å². The zero-order valence-corrected chi connectivity index (χ0v) is 18.5. The third-order valence-corrected chi connectivity index (χ3v) is 5.92. The van der Waals surface area contributed by atoms with Crippen molar-refractivity contribution in [2.24, 2.45) is 0 Å². The zero-order valence-electron chi connectivity index (χ0n) is 18.5. The third kappa shape index (κ3) is 3.92. The van der Waals surface area contributed by atoms with Crippen LogP contribution in [0.15, 0.2) is 82.0 Å². The maximum Gasteiger partial charge on any atom is 0.349 e. The molecule has 0 atom stereocenters. The van der Waals surface area contributed by atoms with Crippen molar-refractivity contribution in [2.45, 2.75) is 12.8 Å². The van der Waals surface area contributed by atoms with E-state index in [4.69, 9.17) is 9.15 Å². The predicted octanol–water partition coefficient (Wildman–Crippen LogP) is 4.65. The lowest BCUT2D eigenvalue weighted by molar-refractivity contribution is 0.0983. The smallest absolute Gasteiger partial charge is 0.349 e. The van der Waals surface area contributed by atoms with E-state index in [9.17, 15) is 14.4 Å². The molecule has 2 heterocycles. The van der Waals surface area contributed by atoms with E-state index in [2.05, 4.69) is 5.32 Å². The molecular formula is C27H22N2O5. The Kier molecular flexibility index (Phi) is 5.59. The zero-order chi connectivity index (χ0) is 23.7. The number of anilines is 2. The summed E-state index contributed by atoms with van der Waals surface area (Å²) >= 11 is 0. The summed E-state index contributed by atoms with van der Waals surface area (Å²) in [5.41, 5.74) is 2.30. The highest BCUT2D eigenvalue weighted by Gasteiger charge is 2.24. The lowest BCUT2D eigenvalue weighted by atomic mass is 10.00. The van der Waals surface area contributed by atoms with Gasteiger partial charge < -0.3 is 19.4 Å². The molecule has 2 amide bonds. The fraction of sp³-hybridized carbons (Fsp3) is 0.148. The molecule has 0 radical (unpaired) electrons. The maximum absolute atomic E-state index is 13.1. The Balaban J connectivity index is 1.45. The van der Waals surface area contributed by atoms with Gasteiger partial charge in [-0.1, -0.05) is 36.4 Å². The molecule has 0 aliphatic carbocycles. The van der Waals surface area contributed by atoms with Gasteiger partial charge in [0.1, 0.15) is 5.56 Å². The molecule has 1 aliphatic heterocycles. The number of fused-ring (bicyclic) bond motifs is 2. The van der Waals surface area contributed by atoms with E-state index in [1.165, 1.54) is 13.2 Å². The maximum atomic E-state index is 13.1. The van der Waals surface area contributed by atoms with Gasteiger partial charge in [0.15, 0.2) is 11.3 Å². The molecule has 5 rings (SSSR count). The molecule has 4 aromatic rings. The molecule has 0 bridgehead atoms. The van der Waals surface area contributed by atoms with Crippen molar-refractivity contribution in [3.63, 3.8) is 0 Å². The number of amides is 2. The van der Waals surface area contributed by atoms with Gasteiger partial charge in [-0.25, -0.2) is 4.79 Å². The van der Waals surface area contributed by atoms with Gasteiger partial charge in [0, 0.05) is 28.9 Å². The molecule has 1 aromatic heterocycles. The van der Waals surface area contributed by atoms with Crippen LogP contribution in [-0.2, 0) is 6.42 Å². The van der Waals surface area contributed by atoms with Crippen LogP contribution in [0.4, 0.5) is 11.4 Å². The molecule has 3 aromatic carbocycles. The minimum Gasteiger partial charge on any atom is -0.493 e. The van der Waals surface area contributed by atoms with E-state index in [1.54, 1.807) is 47.4 Å². The first-order valence-electron chi connectivity index (χ1n) is 11.0. The third-order valence-electron chi connectivity index (χ3n) is 5.92. The lowest BCUT2D eigenvalue weighted by Crippen LogP contribution is -2.35. The first-order chi connectivity index (χ1) is 16.5. The molecule has 7 nitrogen and oxygen atoms in total. The first kappa shape index (κ1) is 21.5. The highest BCUT2D eigenvalue weighted by Crippen LogP contribution is 2.31. The van der Waals surface area contributed by atoms with Crippen LogP contribution in [0.25, 0.3) is 11.0 Å². The summed E-state index contributed by atoms with van der Waals surface area (Å²) in [6.07, 6.45) is 1.71. The van der Waals surface area contributed by atoms with E-state index in [1.807, 2.05) is 24.3 Å². The van der Waals surface area contributed by atoms with E-state index in [0.29, 0.717) is 28.9 Å². The molecule has 0 unspecified atom stereocenters. The predicted molar refractivity (Wildman–Crippen MR) is 130 cm³/mol. The molecule has 7 heteroatoms. The number of carbonyl (C=O) groups excluding carboxylic acids is 2. The summed E-state index contributed by atoms with van der Waals surface area (Å²) in [6, 6.07) is 21.2. The first-order valence-corrected chi connectivity index (χ1v) is 11.0. The monoisotopic (exact) mass is 454 g/mol. The topological polar surface area (TPSA) is 88.9 Å². The van der Waals surface area contributed by atoms with Crippen molar-refractivity contribution < 1.29 is 18.7 Å². The minimum atomic E-state index is -0.756. The van der Waals surface area contributed by atoms with Crippen molar-refractivity contribution >= 4 is 34.2 Å². The Hall–Kier alpha value is -4.39. The fourth-order valence-electron chi connectivity index (χ4n) is 4.24. The second-order valence-corrected chi connectivity index (χ2v) is 8.05. The Morgan fingerprint density at radius 2 is 1.82 bits per heavy atom.